The van der Waals surface area contributed by atoms with E-state index in [2.05, 4.69) is 11.4 Å². The van der Waals surface area contributed by atoms with Crippen molar-refractivity contribution in [1.82, 2.24) is 0 Å². The quantitative estimate of drug-likeness (QED) is 0.731. The molecule has 3 N–H and O–H groups in total. The summed E-state index contributed by atoms with van der Waals surface area (Å²) in [5.74, 6) is 0. The molecule has 0 bridgehead atoms. The van der Waals surface area contributed by atoms with Gasteiger partial charge < -0.3 is 11.1 Å². The van der Waals surface area contributed by atoms with E-state index in [1.165, 1.54) is 11.3 Å². The average molecular weight is 181 g/mol. The van der Waals surface area contributed by atoms with Crippen molar-refractivity contribution in [3.63, 3.8) is 0 Å². The molecular weight excluding hydrogens is 170 g/mol. The van der Waals surface area contributed by atoms with E-state index < -0.39 is 0 Å². The smallest absolute Gasteiger partial charge is 0.109 e. The van der Waals surface area contributed by atoms with Gasteiger partial charge >= 0.3 is 0 Å². The lowest BCUT2D eigenvalue weighted by atomic mass is 10.2. The summed E-state index contributed by atoms with van der Waals surface area (Å²) in [4.78, 5) is 1.14. The summed E-state index contributed by atoms with van der Waals surface area (Å²) < 4.78 is 0. The number of nitrogen functional groups attached to an aromatic ring is 1. The molecule has 0 aliphatic heterocycles. The van der Waals surface area contributed by atoms with Crippen molar-refractivity contribution in [2.75, 3.05) is 18.1 Å². The molecule has 0 aromatic carbocycles. The third-order valence-corrected chi connectivity index (χ3v) is 2.85. The maximum absolute atomic E-state index is 8.78. The first-order valence-electron chi connectivity index (χ1n) is 3.73. The Hall–Kier alpha value is -1.21. The van der Waals surface area contributed by atoms with Crippen molar-refractivity contribution in [2.45, 2.75) is 13.3 Å². The highest BCUT2D eigenvalue weighted by molar-refractivity contribution is 7.16. The molecule has 0 atom stereocenters. The number of aryl methyl sites for hydroxylation is 1. The Morgan fingerprint density at radius 2 is 2.33 bits per heavy atom. The van der Waals surface area contributed by atoms with Gasteiger partial charge in [-0.15, -0.1) is 11.3 Å². The molecule has 0 radical (unpaired) electrons. The first kappa shape index (κ1) is 8.88. The van der Waals surface area contributed by atoms with Crippen LogP contribution in [0, 0.1) is 11.3 Å². The fraction of sp³-hybridized carbons (Fsp3) is 0.375. The molecular formula is C8H11N3S. The van der Waals surface area contributed by atoms with Crippen LogP contribution in [0.4, 0.5) is 10.7 Å². The molecule has 0 unspecified atom stereocenters. The molecule has 1 heterocycles. The standard InChI is InChI=1S/C8H11N3S/c1-3-6-7(11-2)5(4-9)8(10)12-6/h11H,3,10H2,1-2H3. The van der Waals surface area contributed by atoms with E-state index >= 15 is 0 Å². The molecule has 1 aromatic heterocycles. The van der Waals surface area contributed by atoms with Crippen LogP contribution in [0.5, 0.6) is 0 Å². The Bertz CT molecular complexity index is 322. The van der Waals surface area contributed by atoms with Gasteiger partial charge in [-0.25, -0.2) is 0 Å². The molecule has 64 valence electrons. The van der Waals surface area contributed by atoms with Gasteiger partial charge in [0.15, 0.2) is 0 Å². The third kappa shape index (κ3) is 1.23. The Kier molecular flexibility index (Phi) is 2.56. The van der Waals surface area contributed by atoms with E-state index in [4.69, 9.17) is 11.0 Å². The van der Waals surface area contributed by atoms with E-state index in [0.717, 1.165) is 17.0 Å². The number of anilines is 2. The highest BCUT2D eigenvalue weighted by Crippen LogP contribution is 2.34. The summed E-state index contributed by atoms with van der Waals surface area (Å²) in [5, 5.41) is 12.4. The lowest BCUT2D eigenvalue weighted by Gasteiger charge is -1.98. The molecule has 0 saturated carbocycles. The van der Waals surface area contributed by atoms with Crippen LogP contribution in [-0.4, -0.2) is 7.05 Å². The number of nitriles is 1. The number of thiophene rings is 1. The zero-order chi connectivity index (χ0) is 9.14. The minimum atomic E-state index is 0.583. The maximum Gasteiger partial charge on any atom is 0.109 e. The fourth-order valence-electron chi connectivity index (χ4n) is 1.12. The first-order valence-corrected chi connectivity index (χ1v) is 4.55. The fourth-order valence-corrected chi connectivity index (χ4v) is 2.09. The van der Waals surface area contributed by atoms with Crippen LogP contribution < -0.4 is 11.1 Å². The Labute approximate surface area is 75.8 Å². The van der Waals surface area contributed by atoms with Crippen LogP contribution in [0.3, 0.4) is 0 Å². The molecule has 1 aromatic rings. The van der Waals surface area contributed by atoms with Gasteiger partial charge in [-0.05, 0) is 6.42 Å². The molecule has 0 aliphatic rings. The van der Waals surface area contributed by atoms with Crippen LogP contribution in [-0.2, 0) is 6.42 Å². The summed E-state index contributed by atoms with van der Waals surface area (Å²) >= 11 is 1.48. The monoisotopic (exact) mass is 181 g/mol. The molecule has 4 heteroatoms. The molecule has 0 spiro atoms. The van der Waals surface area contributed by atoms with Gasteiger partial charge in [0.1, 0.15) is 16.6 Å². The second-order valence-corrected chi connectivity index (χ2v) is 3.49. The Balaban J connectivity index is 3.28. The molecule has 0 fully saturated rings. The lowest BCUT2D eigenvalue weighted by molar-refractivity contribution is 1.18. The number of hydrogen-bond donors (Lipinski definition) is 2. The van der Waals surface area contributed by atoms with Crippen molar-refractivity contribution < 1.29 is 0 Å². The highest BCUT2D eigenvalue weighted by atomic mass is 32.1. The zero-order valence-electron chi connectivity index (χ0n) is 7.14. The molecule has 3 nitrogen and oxygen atoms in total. The largest absolute Gasteiger partial charge is 0.389 e. The van der Waals surface area contributed by atoms with Crippen molar-refractivity contribution >= 4 is 22.0 Å². The number of hydrogen-bond acceptors (Lipinski definition) is 4. The van der Waals surface area contributed by atoms with E-state index in [1.807, 2.05) is 14.0 Å². The minimum Gasteiger partial charge on any atom is -0.389 e. The Morgan fingerprint density at radius 3 is 2.75 bits per heavy atom. The highest BCUT2D eigenvalue weighted by Gasteiger charge is 2.12. The van der Waals surface area contributed by atoms with Crippen LogP contribution in [0.2, 0.25) is 0 Å². The Morgan fingerprint density at radius 1 is 1.67 bits per heavy atom. The normalized spacial score (nSPS) is 9.42. The topological polar surface area (TPSA) is 61.8 Å². The summed E-state index contributed by atoms with van der Waals surface area (Å²) in [5.41, 5.74) is 7.13. The van der Waals surface area contributed by atoms with Crippen molar-refractivity contribution in [2.24, 2.45) is 0 Å². The summed E-state index contributed by atoms with van der Waals surface area (Å²) in [6, 6.07) is 2.09. The van der Waals surface area contributed by atoms with Gasteiger partial charge in [0.05, 0.1) is 5.69 Å². The molecule has 1 rings (SSSR count). The minimum absolute atomic E-state index is 0.583. The molecule has 0 saturated heterocycles. The van der Waals surface area contributed by atoms with Crippen LogP contribution in [0.1, 0.15) is 17.4 Å². The van der Waals surface area contributed by atoms with Gasteiger partial charge in [-0.3, -0.25) is 0 Å². The van der Waals surface area contributed by atoms with Crippen molar-refractivity contribution in [1.29, 1.82) is 5.26 Å². The van der Waals surface area contributed by atoms with Crippen LogP contribution >= 0.6 is 11.3 Å². The summed E-state index contributed by atoms with van der Waals surface area (Å²) in [6.45, 7) is 2.05. The number of nitrogens with one attached hydrogen (secondary N) is 1. The lowest BCUT2D eigenvalue weighted by Crippen LogP contribution is -1.93. The van der Waals surface area contributed by atoms with Gasteiger partial charge in [-0.1, -0.05) is 6.92 Å². The summed E-state index contributed by atoms with van der Waals surface area (Å²) in [6.07, 6.45) is 0.909. The van der Waals surface area contributed by atoms with Crippen molar-refractivity contribution in [3.8, 4) is 6.07 Å². The van der Waals surface area contributed by atoms with E-state index in [0.29, 0.717) is 10.6 Å². The van der Waals surface area contributed by atoms with E-state index in [1.54, 1.807) is 0 Å². The van der Waals surface area contributed by atoms with Crippen LogP contribution in [0.15, 0.2) is 0 Å². The SMILES string of the molecule is CCc1sc(N)c(C#N)c1NC. The molecule has 12 heavy (non-hydrogen) atoms. The van der Waals surface area contributed by atoms with Gasteiger partial charge in [0.2, 0.25) is 0 Å². The molecule has 0 amide bonds. The number of nitrogens with two attached hydrogens (primary N) is 1. The number of nitrogens with zero attached hydrogens (tertiary/aromatic N) is 1. The predicted octanol–water partition coefficient (Wildman–Crippen LogP) is 1.81. The van der Waals surface area contributed by atoms with Gasteiger partial charge in [0.25, 0.3) is 0 Å². The molecule has 0 aliphatic carbocycles. The second kappa shape index (κ2) is 3.46. The predicted molar refractivity (Wildman–Crippen MR) is 52.4 cm³/mol. The second-order valence-electron chi connectivity index (χ2n) is 2.35. The summed E-state index contributed by atoms with van der Waals surface area (Å²) in [7, 11) is 1.81. The average Bonchev–Trinajstić information content (AvgIpc) is 2.40. The third-order valence-electron chi connectivity index (χ3n) is 1.69. The van der Waals surface area contributed by atoms with Crippen LogP contribution in [0.25, 0.3) is 0 Å². The van der Waals surface area contributed by atoms with E-state index in [-0.39, 0.29) is 0 Å². The first-order chi connectivity index (χ1) is 5.74. The maximum atomic E-state index is 8.78. The zero-order valence-corrected chi connectivity index (χ0v) is 7.96. The van der Waals surface area contributed by atoms with Gasteiger partial charge in [-0.2, -0.15) is 5.26 Å². The van der Waals surface area contributed by atoms with Crippen molar-refractivity contribution in [3.05, 3.63) is 10.4 Å². The number of rotatable bonds is 2. The van der Waals surface area contributed by atoms with Gasteiger partial charge in [0, 0.05) is 11.9 Å². The van der Waals surface area contributed by atoms with E-state index in [9.17, 15) is 0 Å².